The van der Waals surface area contributed by atoms with Crippen molar-refractivity contribution < 1.29 is 4.57 Å². The van der Waals surface area contributed by atoms with Gasteiger partial charge in [0, 0.05) is 16.8 Å². The molecular weight excluding hydrogens is 388 g/mol. The summed E-state index contributed by atoms with van der Waals surface area (Å²) in [7, 11) is 2.20. The summed E-state index contributed by atoms with van der Waals surface area (Å²) in [4.78, 5) is 0. The number of aryl methyl sites for hydroxylation is 4. The Kier molecular flexibility index (Phi) is 3.59. The predicted octanol–water partition coefficient (Wildman–Crippen LogP) is 7.40. The molecule has 2 nitrogen and oxygen atoms in total. The van der Waals surface area contributed by atoms with Gasteiger partial charge in [0.05, 0.1) is 27.3 Å². The average Bonchev–Trinajstić information content (AvgIpc) is 3.41. The molecule has 0 aliphatic heterocycles. The van der Waals surface area contributed by atoms with Crippen molar-refractivity contribution in [2.75, 3.05) is 0 Å². The molecule has 0 radical (unpaired) electrons. The summed E-state index contributed by atoms with van der Waals surface area (Å²) in [6.45, 7) is 6.77. The summed E-state index contributed by atoms with van der Waals surface area (Å²) in [5.74, 6) is 0.702. The summed E-state index contributed by atoms with van der Waals surface area (Å²) in [5.41, 5.74) is 11.1. The zero-order chi connectivity index (χ0) is 21.7. The summed E-state index contributed by atoms with van der Waals surface area (Å²) in [6.07, 6.45) is 7.64. The molecule has 1 fully saturated rings. The van der Waals surface area contributed by atoms with E-state index in [1.807, 2.05) is 0 Å². The van der Waals surface area contributed by atoms with Crippen LogP contribution in [0.25, 0.3) is 49.0 Å². The molecule has 32 heavy (non-hydrogen) atoms. The first-order valence-corrected chi connectivity index (χ1v) is 12.0. The van der Waals surface area contributed by atoms with Crippen LogP contribution in [0.1, 0.15) is 53.9 Å². The van der Waals surface area contributed by atoms with Crippen LogP contribution >= 0.6 is 0 Å². The molecule has 3 aromatic heterocycles. The Morgan fingerprint density at radius 1 is 0.812 bits per heavy atom. The number of hydrogen-bond acceptors (Lipinski definition) is 0. The smallest absolute Gasteiger partial charge is 0.224 e. The van der Waals surface area contributed by atoms with Crippen LogP contribution in [0.4, 0.5) is 0 Å². The van der Waals surface area contributed by atoms with Crippen LogP contribution in [0.3, 0.4) is 0 Å². The third-order valence-electron chi connectivity index (χ3n) is 8.12. The van der Waals surface area contributed by atoms with Crippen LogP contribution in [0.5, 0.6) is 0 Å². The summed E-state index contributed by atoms with van der Waals surface area (Å²) < 4.78 is 4.93. The number of fused-ring (bicyclic) bond motifs is 5. The standard InChI is InChI=1S/C30H29N2/c1-17-13-19(3)26-23-10-9-18(2)27-29(23)32(24(26)14-17)25-16-22(20-7-5-6-8-20)15-21-11-12-31(4)30(27)28(21)25/h9-16,20H,5-8H2,1-4H3/q+1. The first-order valence-electron chi connectivity index (χ1n) is 12.0. The molecule has 1 saturated carbocycles. The van der Waals surface area contributed by atoms with Gasteiger partial charge in [0.15, 0.2) is 6.20 Å². The molecule has 0 N–H and O–H groups in total. The molecular formula is C30H29N2+. The molecule has 158 valence electrons. The molecule has 1 aliphatic rings. The quantitative estimate of drug-likeness (QED) is 0.150. The Balaban J connectivity index is 1.84. The maximum absolute atomic E-state index is 2.60. The van der Waals surface area contributed by atoms with E-state index in [1.165, 1.54) is 96.9 Å². The van der Waals surface area contributed by atoms with Gasteiger partial charge >= 0.3 is 0 Å². The predicted molar refractivity (Wildman–Crippen MR) is 135 cm³/mol. The molecule has 0 saturated heterocycles. The molecule has 0 atom stereocenters. The molecule has 0 spiro atoms. The number of aromatic nitrogens is 2. The molecule has 0 amide bonds. The lowest BCUT2D eigenvalue weighted by molar-refractivity contribution is -0.643. The van der Waals surface area contributed by atoms with E-state index in [1.54, 1.807) is 0 Å². The van der Waals surface area contributed by atoms with Gasteiger partial charge in [-0.25, -0.2) is 4.57 Å². The molecule has 2 heteroatoms. The molecule has 3 heterocycles. The van der Waals surface area contributed by atoms with Gasteiger partial charge in [0.1, 0.15) is 7.05 Å². The molecule has 0 unspecified atom stereocenters. The van der Waals surface area contributed by atoms with Crippen LogP contribution in [-0.2, 0) is 7.05 Å². The van der Waals surface area contributed by atoms with E-state index in [9.17, 15) is 0 Å². The minimum Gasteiger partial charge on any atom is -0.307 e. The third-order valence-corrected chi connectivity index (χ3v) is 8.12. The van der Waals surface area contributed by atoms with Crippen molar-refractivity contribution in [1.29, 1.82) is 0 Å². The highest BCUT2D eigenvalue weighted by Gasteiger charge is 2.26. The zero-order valence-corrected chi connectivity index (χ0v) is 19.4. The van der Waals surface area contributed by atoms with Crippen molar-refractivity contribution in [3.8, 4) is 0 Å². The van der Waals surface area contributed by atoms with Gasteiger partial charge in [-0.05, 0) is 79.3 Å². The van der Waals surface area contributed by atoms with Crippen molar-refractivity contribution in [2.45, 2.75) is 52.4 Å². The monoisotopic (exact) mass is 417 g/mol. The van der Waals surface area contributed by atoms with Crippen molar-refractivity contribution in [3.63, 3.8) is 0 Å². The summed E-state index contributed by atoms with van der Waals surface area (Å²) >= 11 is 0. The average molecular weight is 418 g/mol. The number of hydrogen-bond donors (Lipinski definition) is 0. The Labute approximate surface area is 188 Å². The third kappa shape index (κ3) is 2.23. The summed E-state index contributed by atoms with van der Waals surface area (Å²) in [6, 6.07) is 16.7. The van der Waals surface area contributed by atoms with Crippen molar-refractivity contribution in [2.24, 2.45) is 7.05 Å². The van der Waals surface area contributed by atoms with Crippen LogP contribution in [-0.4, -0.2) is 4.40 Å². The lowest BCUT2D eigenvalue weighted by Gasteiger charge is -2.16. The largest absolute Gasteiger partial charge is 0.307 e. The van der Waals surface area contributed by atoms with Crippen LogP contribution in [0.15, 0.2) is 48.7 Å². The van der Waals surface area contributed by atoms with Crippen molar-refractivity contribution in [1.82, 2.24) is 4.40 Å². The van der Waals surface area contributed by atoms with Gasteiger partial charge in [0.25, 0.3) is 0 Å². The van der Waals surface area contributed by atoms with Gasteiger partial charge in [-0.15, -0.1) is 0 Å². The highest BCUT2D eigenvalue weighted by molar-refractivity contribution is 6.26. The fourth-order valence-electron chi connectivity index (χ4n) is 6.74. The lowest BCUT2D eigenvalue weighted by atomic mass is 9.92. The van der Waals surface area contributed by atoms with Gasteiger partial charge in [-0.3, -0.25) is 0 Å². The molecule has 3 aromatic carbocycles. The van der Waals surface area contributed by atoms with Crippen LogP contribution in [0.2, 0.25) is 0 Å². The Morgan fingerprint density at radius 2 is 1.59 bits per heavy atom. The number of nitrogens with zero attached hydrogens (tertiary/aromatic N) is 2. The Bertz CT molecular complexity index is 1710. The molecule has 6 aromatic rings. The Hall–Kier alpha value is -3.13. The van der Waals surface area contributed by atoms with E-state index in [0.717, 1.165) is 0 Å². The second-order valence-corrected chi connectivity index (χ2v) is 10.2. The SMILES string of the molecule is Cc1cc(C)c2c3ccc(C)c4c3n(c2c1)c1cc(C2CCCC2)cc2cc[n+](C)c4c21. The van der Waals surface area contributed by atoms with E-state index in [4.69, 9.17) is 0 Å². The van der Waals surface area contributed by atoms with E-state index >= 15 is 0 Å². The molecule has 0 bridgehead atoms. The van der Waals surface area contributed by atoms with E-state index in [2.05, 4.69) is 85.4 Å². The highest BCUT2D eigenvalue weighted by atomic mass is 15.0. The topological polar surface area (TPSA) is 8.29 Å². The van der Waals surface area contributed by atoms with Crippen molar-refractivity contribution in [3.05, 3.63) is 70.9 Å². The molecule has 7 rings (SSSR count). The Morgan fingerprint density at radius 3 is 2.41 bits per heavy atom. The van der Waals surface area contributed by atoms with Crippen LogP contribution in [0, 0.1) is 20.8 Å². The fraction of sp³-hybridized carbons (Fsp3) is 0.300. The van der Waals surface area contributed by atoms with Crippen LogP contribution < -0.4 is 4.57 Å². The second kappa shape index (κ2) is 6.22. The minimum atomic E-state index is 0.702. The van der Waals surface area contributed by atoms with Gasteiger partial charge < -0.3 is 4.40 Å². The normalized spacial score (nSPS) is 15.5. The fourth-order valence-corrected chi connectivity index (χ4v) is 6.74. The first kappa shape index (κ1) is 18.4. The highest BCUT2D eigenvalue weighted by Crippen LogP contribution is 2.43. The summed E-state index contributed by atoms with van der Waals surface area (Å²) in [5, 5.41) is 6.96. The number of rotatable bonds is 1. The first-order chi connectivity index (χ1) is 15.5. The second-order valence-electron chi connectivity index (χ2n) is 10.2. The van der Waals surface area contributed by atoms with Gasteiger partial charge in [-0.2, -0.15) is 0 Å². The number of pyridine rings is 2. The zero-order valence-electron chi connectivity index (χ0n) is 19.4. The van der Waals surface area contributed by atoms with Gasteiger partial charge in [-0.1, -0.05) is 37.1 Å². The van der Waals surface area contributed by atoms with E-state index in [-0.39, 0.29) is 0 Å². The van der Waals surface area contributed by atoms with Crippen molar-refractivity contribution >= 4 is 49.0 Å². The minimum absolute atomic E-state index is 0.702. The lowest BCUT2D eigenvalue weighted by Crippen LogP contribution is -2.29. The van der Waals surface area contributed by atoms with E-state index in [0.29, 0.717) is 5.92 Å². The maximum atomic E-state index is 2.60. The van der Waals surface area contributed by atoms with E-state index < -0.39 is 0 Å². The van der Waals surface area contributed by atoms with Gasteiger partial charge in [0.2, 0.25) is 5.52 Å². The number of benzene rings is 3. The maximum Gasteiger partial charge on any atom is 0.224 e. The molecule has 1 aliphatic carbocycles.